The second-order valence-electron chi connectivity index (χ2n) is 4.43. The zero-order chi connectivity index (χ0) is 15.4. The lowest BCUT2D eigenvalue weighted by molar-refractivity contribution is -0.140. The number of rotatable bonds is 5. The lowest BCUT2D eigenvalue weighted by Gasteiger charge is -2.06. The number of halogens is 2. The van der Waals surface area contributed by atoms with Gasteiger partial charge in [0, 0.05) is 17.9 Å². The van der Waals surface area contributed by atoms with Gasteiger partial charge in [-0.1, -0.05) is 0 Å². The maximum atomic E-state index is 13.7. The largest absolute Gasteiger partial charge is 0.469 e. The second-order valence-corrected chi connectivity index (χ2v) is 5.28. The van der Waals surface area contributed by atoms with Crippen molar-refractivity contribution >= 4 is 28.1 Å². The number of thiazole rings is 1. The van der Waals surface area contributed by atoms with E-state index in [1.54, 1.807) is 5.38 Å². The van der Waals surface area contributed by atoms with Gasteiger partial charge in [0.05, 0.1) is 24.9 Å². The Kier molecular flexibility index (Phi) is 4.85. The highest BCUT2D eigenvalue weighted by Crippen LogP contribution is 2.25. The number of hydrogen-bond donors (Lipinski definition) is 1. The standard InChI is InChI=1S/C14H14F2N2O2S/c1-8-5-11(16)12(6-10(8)15)18-14-17-9(7-21-14)3-4-13(19)20-2/h5-7H,3-4H2,1-2H3,(H,17,18). The number of carbonyl (C=O) groups is 1. The van der Waals surface area contributed by atoms with Gasteiger partial charge < -0.3 is 10.1 Å². The number of benzene rings is 1. The zero-order valence-corrected chi connectivity index (χ0v) is 12.4. The van der Waals surface area contributed by atoms with E-state index in [0.717, 1.165) is 12.1 Å². The second kappa shape index (κ2) is 6.62. The van der Waals surface area contributed by atoms with E-state index in [0.29, 0.717) is 17.2 Å². The molecule has 0 aliphatic rings. The van der Waals surface area contributed by atoms with Gasteiger partial charge >= 0.3 is 5.97 Å². The molecule has 0 unspecified atom stereocenters. The fourth-order valence-corrected chi connectivity index (χ4v) is 2.43. The molecule has 0 saturated heterocycles. The summed E-state index contributed by atoms with van der Waals surface area (Å²) in [4.78, 5) is 15.3. The average Bonchev–Trinajstić information content (AvgIpc) is 2.89. The van der Waals surface area contributed by atoms with Gasteiger partial charge in [-0.3, -0.25) is 4.79 Å². The molecule has 0 radical (unpaired) electrons. The molecule has 0 atom stereocenters. The number of esters is 1. The molecule has 21 heavy (non-hydrogen) atoms. The van der Waals surface area contributed by atoms with Gasteiger partial charge in [0.1, 0.15) is 11.6 Å². The number of methoxy groups -OCH3 is 1. The summed E-state index contributed by atoms with van der Waals surface area (Å²) < 4.78 is 31.7. The minimum atomic E-state index is -0.541. The van der Waals surface area contributed by atoms with Crippen molar-refractivity contribution in [3.05, 3.63) is 40.4 Å². The highest BCUT2D eigenvalue weighted by molar-refractivity contribution is 7.13. The number of nitrogens with zero attached hydrogens (tertiary/aromatic N) is 1. The summed E-state index contributed by atoms with van der Waals surface area (Å²) >= 11 is 1.26. The van der Waals surface area contributed by atoms with Crippen molar-refractivity contribution in [2.24, 2.45) is 0 Å². The Morgan fingerprint density at radius 3 is 2.86 bits per heavy atom. The monoisotopic (exact) mass is 312 g/mol. The first-order valence-corrected chi connectivity index (χ1v) is 7.11. The molecule has 0 spiro atoms. The van der Waals surface area contributed by atoms with E-state index >= 15 is 0 Å². The molecule has 0 saturated carbocycles. The van der Waals surface area contributed by atoms with Gasteiger partial charge in [-0.15, -0.1) is 11.3 Å². The van der Waals surface area contributed by atoms with E-state index < -0.39 is 11.6 Å². The smallest absolute Gasteiger partial charge is 0.305 e. The molecule has 1 aromatic heterocycles. The topological polar surface area (TPSA) is 51.2 Å². The van der Waals surface area contributed by atoms with E-state index in [-0.39, 0.29) is 23.6 Å². The maximum absolute atomic E-state index is 13.7. The Bertz CT molecular complexity index is 658. The first-order chi connectivity index (χ1) is 9.99. The quantitative estimate of drug-likeness (QED) is 0.857. The predicted molar refractivity (Wildman–Crippen MR) is 76.8 cm³/mol. The molecule has 0 amide bonds. The summed E-state index contributed by atoms with van der Waals surface area (Å²) in [5, 5.41) is 4.94. The van der Waals surface area contributed by atoms with Crippen molar-refractivity contribution < 1.29 is 18.3 Å². The third-order valence-corrected chi connectivity index (χ3v) is 3.66. The van der Waals surface area contributed by atoms with Crippen LogP contribution < -0.4 is 5.32 Å². The van der Waals surface area contributed by atoms with Crippen LogP contribution in [-0.2, 0) is 16.0 Å². The normalized spacial score (nSPS) is 10.5. The number of aryl methyl sites for hydroxylation is 2. The zero-order valence-electron chi connectivity index (χ0n) is 11.6. The number of carbonyl (C=O) groups excluding carboxylic acids is 1. The molecule has 4 nitrogen and oxygen atoms in total. The number of anilines is 2. The first-order valence-electron chi connectivity index (χ1n) is 6.23. The van der Waals surface area contributed by atoms with Crippen molar-refractivity contribution in [2.45, 2.75) is 19.8 Å². The van der Waals surface area contributed by atoms with Crippen LogP contribution in [0.1, 0.15) is 17.7 Å². The van der Waals surface area contributed by atoms with E-state index in [1.165, 1.54) is 25.4 Å². The van der Waals surface area contributed by atoms with Crippen LogP contribution in [0.2, 0.25) is 0 Å². The van der Waals surface area contributed by atoms with Crippen LogP contribution in [-0.4, -0.2) is 18.1 Å². The number of nitrogens with one attached hydrogen (secondary N) is 1. The Morgan fingerprint density at radius 2 is 2.14 bits per heavy atom. The molecular formula is C14H14F2N2O2S. The molecule has 112 valence electrons. The molecule has 0 aliphatic heterocycles. The van der Waals surface area contributed by atoms with Crippen LogP contribution in [0, 0.1) is 18.6 Å². The van der Waals surface area contributed by atoms with Crippen molar-refractivity contribution in [3.63, 3.8) is 0 Å². The van der Waals surface area contributed by atoms with E-state index in [1.807, 2.05) is 0 Å². The summed E-state index contributed by atoms with van der Waals surface area (Å²) in [6.45, 7) is 1.50. The van der Waals surface area contributed by atoms with Gasteiger partial charge in [0.15, 0.2) is 5.13 Å². The van der Waals surface area contributed by atoms with Crippen molar-refractivity contribution in [1.82, 2.24) is 4.98 Å². The average molecular weight is 312 g/mol. The highest BCUT2D eigenvalue weighted by atomic mass is 32.1. The van der Waals surface area contributed by atoms with Crippen LogP contribution in [0.15, 0.2) is 17.5 Å². The van der Waals surface area contributed by atoms with Crippen molar-refractivity contribution in [3.8, 4) is 0 Å². The lowest BCUT2D eigenvalue weighted by Crippen LogP contribution is -2.02. The molecule has 0 fully saturated rings. The SMILES string of the molecule is COC(=O)CCc1csc(Nc2cc(F)c(C)cc2F)n1. The molecule has 1 heterocycles. The third kappa shape index (κ3) is 3.98. The molecule has 2 aromatic rings. The third-order valence-electron chi connectivity index (χ3n) is 2.85. The summed E-state index contributed by atoms with van der Waals surface area (Å²) in [7, 11) is 1.32. The van der Waals surface area contributed by atoms with Crippen LogP contribution in [0.5, 0.6) is 0 Å². The summed E-state index contributed by atoms with van der Waals surface area (Å²) in [5.74, 6) is -1.34. The molecular weight excluding hydrogens is 298 g/mol. The fraction of sp³-hybridized carbons (Fsp3) is 0.286. The Balaban J connectivity index is 2.06. The van der Waals surface area contributed by atoms with Crippen LogP contribution in [0.3, 0.4) is 0 Å². The van der Waals surface area contributed by atoms with E-state index in [2.05, 4.69) is 15.0 Å². The lowest BCUT2D eigenvalue weighted by atomic mass is 10.2. The Morgan fingerprint density at radius 1 is 1.38 bits per heavy atom. The molecule has 7 heteroatoms. The Hall–Kier alpha value is -2.02. The molecule has 0 bridgehead atoms. The Labute approximate surface area is 124 Å². The number of hydrogen-bond acceptors (Lipinski definition) is 5. The number of aromatic nitrogens is 1. The molecule has 0 aliphatic carbocycles. The van der Waals surface area contributed by atoms with Crippen molar-refractivity contribution in [1.29, 1.82) is 0 Å². The van der Waals surface area contributed by atoms with E-state index in [4.69, 9.17) is 0 Å². The van der Waals surface area contributed by atoms with Crippen LogP contribution >= 0.6 is 11.3 Å². The molecule has 1 aromatic carbocycles. The predicted octanol–water partition coefficient (Wildman–Crippen LogP) is 3.58. The van der Waals surface area contributed by atoms with Gasteiger partial charge in [-0.05, 0) is 18.6 Å². The molecule has 1 N–H and O–H groups in total. The van der Waals surface area contributed by atoms with Gasteiger partial charge in [-0.25, -0.2) is 13.8 Å². The van der Waals surface area contributed by atoms with Crippen LogP contribution in [0.4, 0.5) is 19.6 Å². The minimum absolute atomic E-state index is 0.0342. The van der Waals surface area contributed by atoms with Gasteiger partial charge in [0.2, 0.25) is 0 Å². The fourth-order valence-electron chi connectivity index (χ4n) is 1.67. The highest BCUT2D eigenvalue weighted by Gasteiger charge is 2.10. The first kappa shape index (κ1) is 15.4. The summed E-state index contributed by atoms with van der Waals surface area (Å²) in [6.07, 6.45) is 0.669. The van der Waals surface area contributed by atoms with Crippen molar-refractivity contribution in [2.75, 3.05) is 12.4 Å². The maximum Gasteiger partial charge on any atom is 0.305 e. The van der Waals surface area contributed by atoms with E-state index in [9.17, 15) is 13.6 Å². The van der Waals surface area contributed by atoms with Gasteiger partial charge in [0.25, 0.3) is 0 Å². The van der Waals surface area contributed by atoms with Gasteiger partial charge in [-0.2, -0.15) is 0 Å². The summed E-state index contributed by atoms with van der Waals surface area (Å²) in [6, 6.07) is 2.23. The number of ether oxygens (including phenoxy) is 1. The summed E-state index contributed by atoms with van der Waals surface area (Å²) in [5.41, 5.74) is 0.976. The minimum Gasteiger partial charge on any atom is -0.469 e. The van der Waals surface area contributed by atoms with Crippen LogP contribution in [0.25, 0.3) is 0 Å². The molecule has 2 rings (SSSR count).